The number of hydrogen-bond acceptors (Lipinski definition) is 6. The molecule has 0 aromatic carbocycles. The molecule has 0 heterocycles. The fraction of sp³-hybridized carbons (Fsp3) is 0.826. The molecule has 0 rings (SSSR count). The molecule has 0 aromatic rings. The van der Waals surface area contributed by atoms with Crippen molar-refractivity contribution < 1.29 is 24.3 Å². The van der Waals surface area contributed by atoms with Crippen molar-refractivity contribution in [2.45, 2.75) is 91.4 Å². The molecular weight excluding hydrogens is 444 g/mol. The predicted octanol–water partition coefficient (Wildman–Crippen LogP) is 1.74. The molecule has 0 aliphatic rings. The van der Waals surface area contributed by atoms with Crippen molar-refractivity contribution in [1.82, 2.24) is 16.0 Å². The molecule has 3 amide bonds. The largest absolute Gasteiger partial charge is 0.480 e. The Balaban J connectivity index is 5.50. The van der Waals surface area contributed by atoms with Gasteiger partial charge in [-0.15, -0.1) is 0 Å². The fourth-order valence-corrected chi connectivity index (χ4v) is 3.78. The molecule has 0 fully saturated rings. The van der Waals surface area contributed by atoms with Gasteiger partial charge in [-0.05, 0) is 49.0 Å². The maximum absolute atomic E-state index is 13.1. The highest BCUT2D eigenvalue weighted by atomic mass is 32.2. The lowest BCUT2D eigenvalue weighted by Crippen LogP contribution is -2.58. The summed E-state index contributed by atoms with van der Waals surface area (Å²) in [6.45, 7) is 11.4. The number of amides is 3. The Kier molecular flexibility index (Phi) is 15.1. The first-order chi connectivity index (χ1) is 15.3. The third kappa shape index (κ3) is 12.3. The zero-order valence-electron chi connectivity index (χ0n) is 21.1. The zero-order chi connectivity index (χ0) is 25.7. The van der Waals surface area contributed by atoms with E-state index in [9.17, 15) is 24.3 Å². The van der Waals surface area contributed by atoms with Gasteiger partial charge in [-0.2, -0.15) is 11.8 Å². The fourth-order valence-electron chi connectivity index (χ4n) is 3.31. The monoisotopic (exact) mass is 488 g/mol. The molecule has 5 atom stereocenters. The number of carbonyl (C=O) groups is 4. The molecule has 5 unspecified atom stereocenters. The second-order valence-electron chi connectivity index (χ2n) is 9.48. The van der Waals surface area contributed by atoms with Gasteiger partial charge in [0.2, 0.25) is 17.7 Å². The quantitative estimate of drug-likeness (QED) is 0.222. The smallest absolute Gasteiger partial charge is 0.326 e. The van der Waals surface area contributed by atoms with E-state index < -0.39 is 47.9 Å². The van der Waals surface area contributed by atoms with E-state index in [1.54, 1.807) is 0 Å². The minimum atomic E-state index is -1.12. The third-order valence-electron chi connectivity index (χ3n) is 5.42. The normalized spacial score (nSPS) is 15.9. The van der Waals surface area contributed by atoms with Gasteiger partial charge in [-0.1, -0.05) is 48.0 Å². The minimum Gasteiger partial charge on any atom is -0.480 e. The first-order valence-electron chi connectivity index (χ1n) is 11.7. The Morgan fingerprint density at radius 2 is 1.39 bits per heavy atom. The van der Waals surface area contributed by atoms with Crippen LogP contribution in [0.1, 0.15) is 67.2 Å². The van der Waals surface area contributed by atoms with Gasteiger partial charge >= 0.3 is 5.97 Å². The van der Waals surface area contributed by atoms with Crippen LogP contribution in [0.25, 0.3) is 0 Å². The van der Waals surface area contributed by atoms with Crippen LogP contribution in [-0.2, 0) is 19.2 Å². The number of hydrogen-bond donors (Lipinski definition) is 5. The van der Waals surface area contributed by atoms with Crippen molar-refractivity contribution in [3.8, 4) is 0 Å². The first-order valence-corrected chi connectivity index (χ1v) is 13.1. The second kappa shape index (κ2) is 15.9. The number of carboxylic acid groups (broad SMARTS) is 1. The Morgan fingerprint density at radius 3 is 1.85 bits per heavy atom. The summed E-state index contributed by atoms with van der Waals surface area (Å²) in [6, 6.07) is -3.53. The van der Waals surface area contributed by atoms with E-state index in [1.165, 1.54) is 11.8 Å². The molecule has 0 aromatic heterocycles. The summed E-state index contributed by atoms with van der Waals surface area (Å²) in [5.41, 5.74) is 5.97. The summed E-state index contributed by atoms with van der Waals surface area (Å²) in [5, 5.41) is 17.5. The molecule has 33 heavy (non-hydrogen) atoms. The second-order valence-corrected chi connectivity index (χ2v) is 10.5. The van der Waals surface area contributed by atoms with Gasteiger partial charge in [0, 0.05) is 0 Å². The van der Waals surface area contributed by atoms with Crippen molar-refractivity contribution in [3.63, 3.8) is 0 Å². The van der Waals surface area contributed by atoms with E-state index in [2.05, 4.69) is 16.0 Å². The lowest BCUT2D eigenvalue weighted by Gasteiger charge is -2.28. The molecule has 0 spiro atoms. The number of rotatable bonds is 16. The molecule has 0 saturated carbocycles. The van der Waals surface area contributed by atoms with E-state index in [-0.39, 0.29) is 24.2 Å². The molecule has 0 radical (unpaired) electrons. The highest BCUT2D eigenvalue weighted by Crippen LogP contribution is 2.12. The van der Waals surface area contributed by atoms with Crippen LogP contribution >= 0.6 is 11.8 Å². The van der Waals surface area contributed by atoms with Gasteiger partial charge in [0.15, 0.2) is 0 Å². The van der Waals surface area contributed by atoms with Crippen molar-refractivity contribution in [2.75, 3.05) is 12.0 Å². The Bertz CT molecular complexity index is 644. The van der Waals surface area contributed by atoms with Crippen molar-refractivity contribution in [3.05, 3.63) is 0 Å². The van der Waals surface area contributed by atoms with Crippen LogP contribution < -0.4 is 21.7 Å². The number of carbonyl (C=O) groups excluding carboxylic acids is 3. The lowest BCUT2D eigenvalue weighted by molar-refractivity contribution is -0.143. The Labute approximate surface area is 202 Å². The summed E-state index contributed by atoms with van der Waals surface area (Å²) in [7, 11) is 0. The van der Waals surface area contributed by atoms with Crippen LogP contribution in [0, 0.1) is 17.8 Å². The van der Waals surface area contributed by atoms with E-state index >= 15 is 0 Å². The number of aliphatic carboxylic acids is 1. The number of thioether (sulfide) groups is 1. The SMILES string of the molecule is CCC(C)C(NC(=O)C(CCSC)NC(=O)C(N)CC(C)C)C(=O)NC(CC(C)C)C(=O)O. The van der Waals surface area contributed by atoms with Crippen molar-refractivity contribution >= 4 is 35.5 Å². The number of nitrogens with one attached hydrogen (secondary N) is 3. The zero-order valence-corrected chi connectivity index (χ0v) is 22.0. The lowest BCUT2D eigenvalue weighted by atomic mass is 9.96. The minimum absolute atomic E-state index is 0.0734. The Morgan fingerprint density at radius 1 is 0.848 bits per heavy atom. The molecule has 0 aliphatic heterocycles. The molecule has 6 N–H and O–H groups in total. The third-order valence-corrected chi connectivity index (χ3v) is 6.06. The van der Waals surface area contributed by atoms with E-state index in [1.807, 2.05) is 47.8 Å². The van der Waals surface area contributed by atoms with Crippen molar-refractivity contribution in [1.29, 1.82) is 0 Å². The van der Waals surface area contributed by atoms with Crippen molar-refractivity contribution in [2.24, 2.45) is 23.5 Å². The summed E-state index contributed by atoms with van der Waals surface area (Å²) in [6.07, 6.45) is 3.65. The van der Waals surface area contributed by atoms with Gasteiger partial charge in [0.1, 0.15) is 18.1 Å². The van der Waals surface area contributed by atoms with Crippen LogP contribution in [0.5, 0.6) is 0 Å². The summed E-state index contributed by atoms with van der Waals surface area (Å²) < 4.78 is 0. The molecular formula is C23H44N4O5S. The predicted molar refractivity (Wildman–Crippen MR) is 133 cm³/mol. The average Bonchev–Trinajstić information content (AvgIpc) is 2.72. The number of nitrogens with two attached hydrogens (primary N) is 1. The van der Waals surface area contributed by atoms with Gasteiger partial charge in [-0.3, -0.25) is 14.4 Å². The maximum Gasteiger partial charge on any atom is 0.326 e. The van der Waals surface area contributed by atoms with Gasteiger partial charge in [-0.25, -0.2) is 4.79 Å². The highest BCUT2D eigenvalue weighted by molar-refractivity contribution is 7.98. The average molecular weight is 489 g/mol. The van der Waals surface area contributed by atoms with E-state index in [4.69, 9.17) is 5.73 Å². The number of carboxylic acids is 1. The van der Waals surface area contributed by atoms with E-state index in [0.29, 0.717) is 25.0 Å². The maximum atomic E-state index is 13.1. The topological polar surface area (TPSA) is 151 Å². The van der Waals surface area contributed by atoms with E-state index in [0.717, 1.165) is 0 Å². The molecule has 10 heteroatoms. The van der Waals surface area contributed by atoms with Crippen LogP contribution in [0.3, 0.4) is 0 Å². The summed E-state index contributed by atoms with van der Waals surface area (Å²) >= 11 is 1.54. The summed E-state index contributed by atoms with van der Waals surface area (Å²) in [5.74, 6) is -1.84. The molecule has 192 valence electrons. The van der Waals surface area contributed by atoms with Gasteiger partial charge in [0.05, 0.1) is 6.04 Å². The first kappa shape index (κ1) is 31.2. The molecule has 0 saturated heterocycles. The molecule has 0 bridgehead atoms. The van der Waals surface area contributed by atoms with Gasteiger partial charge in [0.25, 0.3) is 0 Å². The summed E-state index contributed by atoms with van der Waals surface area (Å²) in [4.78, 5) is 50.2. The van der Waals surface area contributed by atoms with Crippen LogP contribution in [0.2, 0.25) is 0 Å². The standard InChI is InChI=1S/C23H44N4O5S/c1-8-15(6)19(22(30)26-18(23(31)32)12-14(4)5)27-21(29)17(9-10-33-7)25-20(28)16(24)11-13(2)3/h13-19H,8-12,24H2,1-7H3,(H,25,28)(H,26,30)(H,27,29)(H,31,32). The Hall–Kier alpha value is -1.81. The van der Waals surface area contributed by atoms with Crippen LogP contribution in [-0.4, -0.2) is 65.0 Å². The highest BCUT2D eigenvalue weighted by Gasteiger charge is 2.32. The van der Waals surface area contributed by atoms with Crippen LogP contribution in [0.4, 0.5) is 0 Å². The van der Waals surface area contributed by atoms with Crippen LogP contribution in [0.15, 0.2) is 0 Å². The molecule has 0 aliphatic carbocycles. The van der Waals surface area contributed by atoms with Gasteiger partial charge < -0.3 is 26.8 Å². The molecule has 9 nitrogen and oxygen atoms in total.